The van der Waals surface area contributed by atoms with E-state index in [2.05, 4.69) is 33.0 Å². The predicted octanol–water partition coefficient (Wildman–Crippen LogP) is 1.99. The second-order valence-electron chi connectivity index (χ2n) is 6.85. The quantitative estimate of drug-likeness (QED) is 0.813. The van der Waals surface area contributed by atoms with Crippen LogP contribution >= 0.6 is 0 Å². The van der Waals surface area contributed by atoms with Gasteiger partial charge in [-0.2, -0.15) is 0 Å². The van der Waals surface area contributed by atoms with E-state index >= 15 is 0 Å². The monoisotopic (exact) mass is 291 g/mol. The van der Waals surface area contributed by atoms with Crippen molar-refractivity contribution in [2.45, 2.75) is 65.2 Å². The Morgan fingerprint density at radius 2 is 1.74 bits per heavy atom. The van der Waals surface area contributed by atoms with E-state index in [1.54, 1.807) is 0 Å². The standard InChI is InChI=1S/C14H29NO3S/c1-11-8-13(9-12(2)18-11)15-10-14(3,4)6-7-19(5,16)17/h11-13,15H,6-10H2,1-5H3/t11-,12+,13?. The fourth-order valence-electron chi connectivity index (χ4n) is 2.54. The second-order valence-corrected chi connectivity index (χ2v) is 9.11. The molecule has 0 aromatic rings. The number of rotatable bonds is 6. The summed E-state index contributed by atoms with van der Waals surface area (Å²) in [5.41, 5.74) is 0.00780. The fraction of sp³-hybridized carbons (Fsp3) is 1.00. The van der Waals surface area contributed by atoms with Gasteiger partial charge >= 0.3 is 0 Å². The molecule has 3 atom stereocenters. The lowest BCUT2D eigenvalue weighted by Gasteiger charge is -2.35. The lowest BCUT2D eigenvalue weighted by molar-refractivity contribution is -0.0431. The zero-order valence-corrected chi connectivity index (χ0v) is 13.7. The Morgan fingerprint density at radius 1 is 1.21 bits per heavy atom. The van der Waals surface area contributed by atoms with Crippen molar-refractivity contribution in [1.82, 2.24) is 5.32 Å². The first kappa shape index (κ1) is 16.9. The molecule has 1 aliphatic rings. The van der Waals surface area contributed by atoms with Crippen LogP contribution in [0.3, 0.4) is 0 Å². The molecule has 1 N–H and O–H groups in total. The summed E-state index contributed by atoms with van der Waals surface area (Å²) in [6, 6.07) is 0.483. The van der Waals surface area contributed by atoms with Gasteiger partial charge in [-0.25, -0.2) is 8.42 Å². The lowest BCUT2D eigenvalue weighted by atomic mass is 9.89. The van der Waals surface area contributed by atoms with Crippen LogP contribution < -0.4 is 5.32 Å². The van der Waals surface area contributed by atoms with E-state index in [9.17, 15) is 8.42 Å². The van der Waals surface area contributed by atoms with Crippen LogP contribution in [-0.2, 0) is 14.6 Å². The fourth-order valence-corrected chi connectivity index (χ4v) is 3.47. The van der Waals surface area contributed by atoms with Crippen molar-refractivity contribution in [3.63, 3.8) is 0 Å². The summed E-state index contributed by atoms with van der Waals surface area (Å²) in [5, 5.41) is 3.58. The Bertz CT molecular complexity index is 368. The zero-order chi connectivity index (χ0) is 14.7. The molecule has 1 rings (SSSR count). The third-order valence-electron chi connectivity index (χ3n) is 3.72. The molecule has 5 heteroatoms. The molecule has 0 aliphatic carbocycles. The summed E-state index contributed by atoms with van der Waals surface area (Å²) in [5.74, 6) is 0.266. The molecule has 0 radical (unpaired) electrons. The van der Waals surface area contributed by atoms with Crippen LogP contribution in [0.1, 0.15) is 47.0 Å². The van der Waals surface area contributed by atoms with Gasteiger partial charge < -0.3 is 10.1 Å². The average molecular weight is 291 g/mol. The van der Waals surface area contributed by atoms with Crippen LogP contribution in [0.25, 0.3) is 0 Å². The smallest absolute Gasteiger partial charge is 0.147 e. The van der Waals surface area contributed by atoms with Gasteiger partial charge in [-0.15, -0.1) is 0 Å². The highest BCUT2D eigenvalue weighted by Crippen LogP contribution is 2.23. The molecule has 4 nitrogen and oxygen atoms in total. The van der Waals surface area contributed by atoms with E-state index in [1.807, 2.05) is 0 Å². The van der Waals surface area contributed by atoms with Crippen molar-refractivity contribution in [3.05, 3.63) is 0 Å². The van der Waals surface area contributed by atoms with Crippen LogP contribution in [-0.4, -0.2) is 45.2 Å². The minimum atomic E-state index is -2.87. The van der Waals surface area contributed by atoms with Gasteiger partial charge in [0, 0.05) is 18.8 Å². The number of ether oxygens (including phenoxy) is 1. The third kappa shape index (κ3) is 7.28. The van der Waals surface area contributed by atoms with E-state index in [-0.39, 0.29) is 11.2 Å². The molecule has 0 aromatic heterocycles. The molecular weight excluding hydrogens is 262 g/mol. The number of sulfone groups is 1. The largest absolute Gasteiger partial charge is 0.375 e. The first-order valence-electron chi connectivity index (χ1n) is 7.14. The van der Waals surface area contributed by atoms with Crippen LogP contribution in [0.4, 0.5) is 0 Å². The first-order valence-corrected chi connectivity index (χ1v) is 9.20. The Kier molecular flexibility index (Phi) is 5.83. The van der Waals surface area contributed by atoms with E-state index in [0.29, 0.717) is 24.7 Å². The topological polar surface area (TPSA) is 55.4 Å². The van der Waals surface area contributed by atoms with Crippen LogP contribution in [0, 0.1) is 5.41 Å². The van der Waals surface area contributed by atoms with E-state index < -0.39 is 9.84 Å². The lowest BCUT2D eigenvalue weighted by Crippen LogP contribution is -2.44. The van der Waals surface area contributed by atoms with Crippen molar-refractivity contribution in [2.24, 2.45) is 5.41 Å². The first-order chi connectivity index (χ1) is 8.57. The van der Waals surface area contributed by atoms with Crippen molar-refractivity contribution in [3.8, 4) is 0 Å². The molecule has 0 spiro atoms. The zero-order valence-electron chi connectivity index (χ0n) is 12.9. The summed E-state index contributed by atoms with van der Waals surface area (Å²) in [6.07, 6.45) is 4.69. The number of hydrogen-bond acceptors (Lipinski definition) is 4. The van der Waals surface area contributed by atoms with Crippen molar-refractivity contribution < 1.29 is 13.2 Å². The molecule has 0 saturated carbocycles. The van der Waals surface area contributed by atoms with Gasteiger partial charge in [-0.3, -0.25) is 0 Å². The molecular formula is C14H29NO3S. The van der Waals surface area contributed by atoms with Gasteiger partial charge in [0.2, 0.25) is 0 Å². The summed E-state index contributed by atoms with van der Waals surface area (Å²) in [7, 11) is -2.87. The SMILES string of the molecule is C[C@@H]1CC(NCC(C)(C)CCS(C)(=O)=O)C[C@H](C)O1. The van der Waals surface area contributed by atoms with Crippen LogP contribution in [0.5, 0.6) is 0 Å². The van der Waals surface area contributed by atoms with Crippen LogP contribution in [0.2, 0.25) is 0 Å². The Morgan fingerprint density at radius 3 is 2.21 bits per heavy atom. The summed E-state index contributed by atoms with van der Waals surface area (Å²) >= 11 is 0. The molecule has 114 valence electrons. The molecule has 0 bridgehead atoms. The Hall–Kier alpha value is -0.130. The summed E-state index contributed by atoms with van der Waals surface area (Å²) in [4.78, 5) is 0. The predicted molar refractivity (Wildman–Crippen MR) is 79.1 cm³/mol. The Labute approximate surface area is 118 Å². The number of nitrogens with one attached hydrogen (secondary N) is 1. The molecule has 1 aliphatic heterocycles. The summed E-state index contributed by atoms with van der Waals surface area (Å²) in [6.45, 7) is 9.32. The summed E-state index contributed by atoms with van der Waals surface area (Å²) < 4.78 is 28.2. The molecule has 19 heavy (non-hydrogen) atoms. The van der Waals surface area contributed by atoms with Crippen LogP contribution in [0.15, 0.2) is 0 Å². The van der Waals surface area contributed by atoms with Gasteiger partial charge in [-0.05, 0) is 38.5 Å². The van der Waals surface area contributed by atoms with Crippen molar-refractivity contribution in [1.29, 1.82) is 0 Å². The van der Waals surface area contributed by atoms with Gasteiger partial charge in [0.05, 0.1) is 18.0 Å². The second kappa shape index (κ2) is 6.55. The van der Waals surface area contributed by atoms with Crippen molar-refractivity contribution in [2.75, 3.05) is 18.6 Å². The maximum atomic E-state index is 11.2. The van der Waals surface area contributed by atoms with Gasteiger partial charge in [0.1, 0.15) is 9.84 Å². The molecule has 0 aromatic carbocycles. The molecule has 1 fully saturated rings. The molecule has 0 amide bonds. The number of hydrogen-bond donors (Lipinski definition) is 1. The van der Waals surface area contributed by atoms with Gasteiger partial charge in [0.25, 0.3) is 0 Å². The average Bonchev–Trinajstić information content (AvgIpc) is 2.22. The third-order valence-corrected chi connectivity index (χ3v) is 4.66. The molecule has 1 unspecified atom stereocenters. The van der Waals surface area contributed by atoms with Gasteiger partial charge in [-0.1, -0.05) is 13.8 Å². The molecule has 1 heterocycles. The normalized spacial score (nSPS) is 29.4. The highest BCUT2D eigenvalue weighted by atomic mass is 32.2. The van der Waals surface area contributed by atoms with Crippen molar-refractivity contribution >= 4 is 9.84 Å². The minimum absolute atomic E-state index is 0.00780. The van der Waals surface area contributed by atoms with E-state index in [0.717, 1.165) is 19.4 Å². The Balaban J connectivity index is 2.37. The maximum Gasteiger partial charge on any atom is 0.147 e. The van der Waals surface area contributed by atoms with E-state index in [1.165, 1.54) is 6.26 Å². The maximum absolute atomic E-state index is 11.2. The highest BCUT2D eigenvalue weighted by Gasteiger charge is 2.26. The minimum Gasteiger partial charge on any atom is -0.375 e. The highest BCUT2D eigenvalue weighted by molar-refractivity contribution is 7.90. The molecule has 1 saturated heterocycles. The van der Waals surface area contributed by atoms with Gasteiger partial charge in [0.15, 0.2) is 0 Å². The van der Waals surface area contributed by atoms with E-state index in [4.69, 9.17) is 4.74 Å².